The van der Waals surface area contributed by atoms with E-state index in [9.17, 15) is 18.0 Å². The molecule has 9 heteroatoms. The molecule has 1 aliphatic rings. The zero-order chi connectivity index (χ0) is 24.5. The van der Waals surface area contributed by atoms with Crippen LogP contribution in [0.1, 0.15) is 48.8 Å². The largest absolute Gasteiger partial charge is 0.449 e. The quantitative estimate of drug-likeness (QED) is 0.499. The van der Waals surface area contributed by atoms with Gasteiger partial charge >= 0.3 is 5.97 Å². The van der Waals surface area contributed by atoms with Gasteiger partial charge in [0, 0.05) is 22.8 Å². The van der Waals surface area contributed by atoms with Gasteiger partial charge in [-0.3, -0.25) is 9.78 Å². The average molecular weight is 482 g/mol. The number of esters is 1. The van der Waals surface area contributed by atoms with E-state index in [1.54, 1.807) is 13.8 Å². The molecule has 8 nitrogen and oxygen atoms in total. The summed E-state index contributed by atoms with van der Waals surface area (Å²) in [5, 5.41) is 3.38. The number of rotatable bonds is 7. The molecule has 0 bridgehead atoms. The minimum atomic E-state index is -3.63. The molecule has 178 valence electrons. The molecule has 1 aromatic heterocycles. The molecule has 34 heavy (non-hydrogen) atoms. The van der Waals surface area contributed by atoms with Crippen molar-refractivity contribution in [1.82, 2.24) is 9.71 Å². The zero-order valence-corrected chi connectivity index (χ0v) is 20.1. The first-order valence-corrected chi connectivity index (χ1v) is 12.7. The number of hydrogen-bond acceptors (Lipinski definition) is 6. The van der Waals surface area contributed by atoms with E-state index < -0.39 is 28.0 Å². The fourth-order valence-corrected chi connectivity index (χ4v) is 5.31. The summed E-state index contributed by atoms with van der Waals surface area (Å²) < 4.78 is 32.6. The highest BCUT2D eigenvalue weighted by Crippen LogP contribution is 2.30. The Kier molecular flexibility index (Phi) is 6.67. The number of benzene rings is 2. The number of ether oxygens (including phenoxy) is 1. The Bertz CT molecular complexity index is 1350. The van der Waals surface area contributed by atoms with Gasteiger partial charge in [0.25, 0.3) is 5.91 Å². The maximum Gasteiger partial charge on any atom is 0.339 e. The van der Waals surface area contributed by atoms with Crippen LogP contribution in [-0.4, -0.2) is 37.4 Å². The minimum absolute atomic E-state index is 0.0945. The third-order valence-electron chi connectivity index (χ3n) is 5.60. The van der Waals surface area contributed by atoms with Gasteiger partial charge < -0.3 is 10.1 Å². The molecule has 0 fully saturated rings. The van der Waals surface area contributed by atoms with Crippen molar-refractivity contribution in [3.05, 3.63) is 65.4 Å². The topological polar surface area (TPSA) is 114 Å². The number of amides is 1. The summed E-state index contributed by atoms with van der Waals surface area (Å²) in [4.78, 5) is 30.6. The fourth-order valence-electron chi connectivity index (χ4n) is 4.06. The van der Waals surface area contributed by atoms with Crippen molar-refractivity contribution in [1.29, 1.82) is 0 Å². The number of para-hydroxylation sites is 1. The van der Waals surface area contributed by atoms with Crippen LogP contribution in [0.5, 0.6) is 0 Å². The maximum absolute atomic E-state index is 13.1. The highest BCUT2D eigenvalue weighted by Gasteiger charge is 2.27. The number of sulfonamides is 1. The number of aryl methyl sites for hydroxylation is 1. The zero-order valence-electron chi connectivity index (χ0n) is 19.3. The van der Waals surface area contributed by atoms with Gasteiger partial charge in [-0.1, -0.05) is 18.2 Å². The highest BCUT2D eigenvalue weighted by atomic mass is 32.2. The Labute approximate surface area is 198 Å². The molecule has 1 amide bonds. The van der Waals surface area contributed by atoms with Crippen LogP contribution in [0.2, 0.25) is 0 Å². The van der Waals surface area contributed by atoms with Gasteiger partial charge in [-0.15, -0.1) is 0 Å². The van der Waals surface area contributed by atoms with Crippen molar-refractivity contribution in [2.45, 2.75) is 57.1 Å². The number of nitrogens with one attached hydrogen (secondary N) is 2. The van der Waals surface area contributed by atoms with Crippen LogP contribution in [0.4, 0.5) is 5.69 Å². The average Bonchev–Trinajstić information content (AvgIpc) is 3.24. The molecule has 1 atom stereocenters. The van der Waals surface area contributed by atoms with E-state index in [2.05, 4.69) is 15.0 Å². The van der Waals surface area contributed by atoms with Crippen LogP contribution in [-0.2, 0) is 32.4 Å². The first kappa shape index (κ1) is 23.8. The van der Waals surface area contributed by atoms with Crippen LogP contribution in [0, 0.1) is 0 Å². The lowest BCUT2D eigenvalue weighted by atomic mass is 10.0. The number of carbonyl (C=O) groups is 2. The number of aromatic nitrogens is 1. The summed E-state index contributed by atoms with van der Waals surface area (Å²) in [6, 6.07) is 13.0. The van der Waals surface area contributed by atoms with E-state index in [1.165, 1.54) is 31.2 Å². The summed E-state index contributed by atoms with van der Waals surface area (Å²) in [6.07, 6.45) is 1.43. The second kappa shape index (κ2) is 9.52. The normalized spacial score (nSPS) is 14.1. The van der Waals surface area contributed by atoms with Gasteiger partial charge in [0.15, 0.2) is 6.10 Å². The molecule has 0 aliphatic heterocycles. The lowest BCUT2D eigenvalue weighted by Crippen LogP contribution is -2.31. The van der Waals surface area contributed by atoms with Crippen LogP contribution in [0.15, 0.2) is 53.4 Å². The molecule has 0 radical (unpaired) electrons. The summed E-state index contributed by atoms with van der Waals surface area (Å²) in [5.74, 6) is -1.07. The second-order valence-corrected chi connectivity index (χ2v) is 10.3. The number of anilines is 1. The molecule has 1 heterocycles. The smallest absolute Gasteiger partial charge is 0.339 e. The molecule has 0 saturated carbocycles. The predicted octanol–water partition coefficient (Wildman–Crippen LogP) is 3.59. The van der Waals surface area contributed by atoms with Gasteiger partial charge in [-0.25, -0.2) is 17.9 Å². The molecule has 3 aromatic rings. The Hall–Kier alpha value is -3.30. The van der Waals surface area contributed by atoms with E-state index in [1.807, 2.05) is 24.3 Å². The monoisotopic (exact) mass is 481 g/mol. The molecule has 1 aliphatic carbocycles. The van der Waals surface area contributed by atoms with E-state index in [4.69, 9.17) is 4.74 Å². The number of hydrogen-bond donors (Lipinski definition) is 2. The lowest BCUT2D eigenvalue weighted by molar-refractivity contribution is -0.123. The molecular weight excluding hydrogens is 454 g/mol. The lowest BCUT2D eigenvalue weighted by Gasteiger charge is -2.16. The van der Waals surface area contributed by atoms with Crippen molar-refractivity contribution in [2.24, 2.45) is 0 Å². The molecule has 4 rings (SSSR count). The molecular formula is C25H27N3O5S. The molecule has 2 aromatic carbocycles. The standard InChI is InChI=1S/C25H27N3O5S/c1-15(2)28-34(31,32)18-13-11-17(12-14-18)26-24(29)16(3)33-25(30)23-19-7-4-5-9-21(19)27-22-10-6-8-20(22)23/h4-5,7,9,11-16,28H,6,8,10H2,1-3H3,(H,26,29). The van der Waals surface area contributed by atoms with E-state index in [0.717, 1.165) is 36.0 Å². The summed E-state index contributed by atoms with van der Waals surface area (Å²) in [6.45, 7) is 4.97. The van der Waals surface area contributed by atoms with Crippen LogP contribution in [0.25, 0.3) is 10.9 Å². The van der Waals surface area contributed by atoms with E-state index >= 15 is 0 Å². The Balaban J connectivity index is 1.47. The van der Waals surface area contributed by atoms with Crippen molar-refractivity contribution < 1.29 is 22.7 Å². The van der Waals surface area contributed by atoms with E-state index in [-0.39, 0.29) is 10.9 Å². The van der Waals surface area contributed by atoms with Crippen molar-refractivity contribution in [3.8, 4) is 0 Å². The van der Waals surface area contributed by atoms with Crippen molar-refractivity contribution in [2.75, 3.05) is 5.32 Å². The van der Waals surface area contributed by atoms with Crippen LogP contribution in [0.3, 0.4) is 0 Å². The van der Waals surface area contributed by atoms with Crippen LogP contribution >= 0.6 is 0 Å². The first-order chi connectivity index (χ1) is 16.2. The molecule has 1 unspecified atom stereocenters. The third-order valence-corrected chi connectivity index (χ3v) is 7.27. The first-order valence-electron chi connectivity index (χ1n) is 11.2. The number of carbonyl (C=O) groups excluding carboxylic acids is 2. The SMILES string of the molecule is CC(C)NS(=O)(=O)c1ccc(NC(=O)C(C)OC(=O)c2c3c(nc4ccccc24)CCC3)cc1. The fraction of sp³-hybridized carbons (Fsp3) is 0.320. The van der Waals surface area contributed by atoms with Gasteiger partial charge in [0.1, 0.15) is 0 Å². The van der Waals surface area contributed by atoms with Crippen molar-refractivity contribution >= 4 is 38.5 Å². The predicted molar refractivity (Wildman–Crippen MR) is 129 cm³/mol. The number of pyridine rings is 1. The Morgan fingerprint density at radius 1 is 1.00 bits per heavy atom. The molecule has 0 saturated heterocycles. The summed E-state index contributed by atoms with van der Waals surface area (Å²) >= 11 is 0. The number of nitrogens with zero attached hydrogens (tertiary/aromatic N) is 1. The van der Waals surface area contributed by atoms with Gasteiger partial charge in [-0.05, 0) is 75.9 Å². The Morgan fingerprint density at radius 3 is 2.41 bits per heavy atom. The van der Waals surface area contributed by atoms with Crippen LogP contribution < -0.4 is 10.0 Å². The highest BCUT2D eigenvalue weighted by molar-refractivity contribution is 7.89. The summed E-state index contributed by atoms with van der Waals surface area (Å²) in [5.41, 5.74) is 3.40. The molecule has 2 N–H and O–H groups in total. The van der Waals surface area contributed by atoms with E-state index in [0.29, 0.717) is 16.6 Å². The Morgan fingerprint density at radius 2 is 1.71 bits per heavy atom. The third kappa shape index (κ3) is 4.95. The maximum atomic E-state index is 13.1. The van der Waals surface area contributed by atoms with Crippen molar-refractivity contribution in [3.63, 3.8) is 0 Å². The summed E-state index contributed by atoms with van der Waals surface area (Å²) in [7, 11) is -3.63. The van der Waals surface area contributed by atoms with Gasteiger partial charge in [-0.2, -0.15) is 0 Å². The molecule has 0 spiro atoms. The second-order valence-electron chi connectivity index (χ2n) is 8.62. The number of fused-ring (bicyclic) bond motifs is 2. The minimum Gasteiger partial charge on any atom is -0.449 e. The van der Waals surface area contributed by atoms with Gasteiger partial charge in [0.05, 0.1) is 16.0 Å². The van der Waals surface area contributed by atoms with Gasteiger partial charge in [0.2, 0.25) is 10.0 Å².